The molecule has 1 aliphatic carbocycles. The van der Waals surface area contributed by atoms with E-state index in [2.05, 4.69) is 46.9 Å². The van der Waals surface area contributed by atoms with Gasteiger partial charge in [0.2, 0.25) is 5.95 Å². The molecule has 1 aromatic rings. The van der Waals surface area contributed by atoms with Gasteiger partial charge in [0.1, 0.15) is 0 Å². The maximum atomic E-state index is 4.55. The molecule has 1 N–H and O–H groups in total. The van der Waals surface area contributed by atoms with E-state index >= 15 is 0 Å². The Labute approximate surface area is 110 Å². The number of hydrogen-bond donors (Lipinski definition) is 1. The zero-order valence-corrected chi connectivity index (χ0v) is 11.9. The van der Waals surface area contributed by atoms with Gasteiger partial charge in [-0.3, -0.25) is 0 Å². The van der Waals surface area contributed by atoms with E-state index < -0.39 is 0 Å². The molecule has 0 amide bonds. The lowest BCUT2D eigenvalue weighted by atomic mass is 10.3. The van der Waals surface area contributed by atoms with Crippen LogP contribution in [0.5, 0.6) is 0 Å². The standard InChI is InChI=1S/C14H26N4/c1-4-5-8-15-14-16-12(2)11-18(14)10-9-17(3)13-6-7-13/h11,13H,4-10H2,1-3H3,(H,15,16). The summed E-state index contributed by atoms with van der Waals surface area (Å²) in [7, 11) is 2.23. The van der Waals surface area contributed by atoms with Gasteiger partial charge in [0.25, 0.3) is 0 Å². The summed E-state index contributed by atoms with van der Waals surface area (Å²) in [5.74, 6) is 1.03. The van der Waals surface area contributed by atoms with Crippen molar-refractivity contribution in [1.82, 2.24) is 14.5 Å². The van der Waals surface area contributed by atoms with Gasteiger partial charge >= 0.3 is 0 Å². The zero-order valence-electron chi connectivity index (χ0n) is 11.9. The summed E-state index contributed by atoms with van der Waals surface area (Å²) in [5.41, 5.74) is 1.10. The van der Waals surface area contributed by atoms with Crippen molar-refractivity contribution < 1.29 is 0 Å². The number of nitrogens with one attached hydrogen (secondary N) is 1. The third kappa shape index (κ3) is 3.73. The van der Waals surface area contributed by atoms with E-state index in [1.807, 2.05) is 0 Å². The van der Waals surface area contributed by atoms with Crippen LogP contribution in [0.1, 0.15) is 38.3 Å². The van der Waals surface area contributed by atoms with Crippen LogP contribution in [0.3, 0.4) is 0 Å². The molecule has 1 heterocycles. The largest absolute Gasteiger partial charge is 0.356 e. The minimum absolute atomic E-state index is 0.839. The average molecular weight is 250 g/mol. The van der Waals surface area contributed by atoms with Crippen LogP contribution in [-0.2, 0) is 6.54 Å². The van der Waals surface area contributed by atoms with Crippen LogP contribution in [-0.4, -0.2) is 40.6 Å². The number of unbranched alkanes of at least 4 members (excludes halogenated alkanes) is 1. The lowest BCUT2D eigenvalue weighted by molar-refractivity contribution is 0.310. The molecule has 102 valence electrons. The number of hydrogen-bond acceptors (Lipinski definition) is 3. The minimum Gasteiger partial charge on any atom is -0.356 e. The number of likely N-dealkylation sites (N-methyl/N-ethyl adjacent to an activating group) is 1. The SMILES string of the molecule is CCCCNc1nc(C)cn1CCN(C)C1CC1. The fraction of sp³-hybridized carbons (Fsp3) is 0.786. The number of imidazole rings is 1. The Morgan fingerprint density at radius 3 is 2.94 bits per heavy atom. The molecule has 1 fully saturated rings. The third-order valence-electron chi connectivity index (χ3n) is 3.57. The first-order valence-corrected chi connectivity index (χ1v) is 7.18. The molecule has 1 aromatic heterocycles. The van der Waals surface area contributed by atoms with Gasteiger partial charge in [-0.15, -0.1) is 0 Å². The van der Waals surface area contributed by atoms with Crippen molar-refractivity contribution >= 4 is 5.95 Å². The van der Waals surface area contributed by atoms with Gasteiger partial charge in [-0.1, -0.05) is 13.3 Å². The fourth-order valence-electron chi connectivity index (χ4n) is 2.20. The Balaban J connectivity index is 1.85. The summed E-state index contributed by atoms with van der Waals surface area (Å²) in [6.45, 7) is 7.44. The quantitative estimate of drug-likeness (QED) is 0.720. The van der Waals surface area contributed by atoms with Crippen molar-refractivity contribution in [3.63, 3.8) is 0 Å². The van der Waals surface area contributed by atoms with Gasteiger partial charge in [0, 0.05) is 31.9 Å². The fourth-order valence-corrected chi connectivity index (χ4v) is 2.20. The smallest absolute Gasteiger partial charge is 0.203 e. The molecule has 0 unspecified atom stereocenters. The van der Waals surface area contributed by atoms with E-state index in [1.165, 1.54) is 25.7 Å². The third-order valence-corrected chi connectivity index (χ3v) is 3.57. The molecular weight excluding hydrogens is 224 g/mol. The van der Waals surface area contributed by atoms with E-state index in [9.17, 15) is 0 Å². The summed E-state index contributed by atoms with van der Waals surface area (Å²) in [5, 5.41) is 3.44. The number of rotatable bonds is 8. The lowest BCUT2D eigenvalue weighted by Gasteiger charge is -2.17. The predicted molar refractivity (Wildman–Crippen MR) is 76.0 cm³/mol. The summed E-state index contributed by atoms with van der Waals surface area (Å²) < 4.78 is 2.25. The van der Waals surface area contributed by atoms with Gasteiger partial charge < -0.3 is 14.8 Å². The number of anilines is 1. The minimum atomic E-state index is 0.839. The summed E-state index contributed by atoms with van der Waals surface area (Å²) in [4.78, 5) is 7.02. The first-order valence-electron chi connectivity index (χ1n) is 7.18. The van der Waals surface area contributed by atoms with Crippen molar-refractivity contribution in [3.8, 4) is 0 Å². The summed E-state index contributed by atoms with van der Waals surface area (Å²) >= 11 is 0. The first-order chi connectivity index (χ1) is 8.70. The predicted octanol–water partition coefficient (Wildman–Crippen LogP) is 2.50. The van der Waals surface area contributed by atoms with Gasteiger partial charge in [0.05, 0.1) is 5.69 Å². The van der Waals surface area contributed by atoms with Crippen molar-refractivity contribution in [2.45, 2.75) is 52.1 Å². The number of nitrogens with zero attached hydrogens (tertiary/aromatic N) is 3. The highest BCUT2D eigenvalue weighted by Gasteiger charge is 2.25. The molecule has 4 nitrogen and oxygen atoms in total. The molecule has 0 atom stereocenters. The normalized spacial score (nSPS) is 15.3. The van der Waals surface area contributed by atoms with Crippen molar-refractivity contribution in [1.29, 1.82) is 0 Å². The maximum absolute atomic E-state index is 4.55. The van der Waals surface area contributed by atoms with Crippen LogP contribution in [0.25, 0.3) is 0 Å². The average Bonchev–Trinajstić information content (AvgIpc) is 3.12. The van der Waals surface area contributed by atoms with E-state index in [0.29, 0.717) is 0 Å². The molecule has 0 saturated heterocycles. The molecule has 4 heteroatoms. The van der Waals surface area contributed by atoms with Gasteiger partial charge in [-0.05, 0) is 33.2 Å². The molecule has 0 aliphatic heterocycles. The summed E-state index contributed by atoms with van der Waals surface area (Å²) in [6.07, 6.45) is 7.32. The van der Waals surface area contributed by atoms with Crippen LogP contribution >= 0.6 is 0 Å². The van der Waals surface area contributed by atoms with Crippen LogP contribution in [0.4, 0.5) is 5.95 Å². The monoisotopic (exact) mass is 250 g/mol. The second-order valence-electron chi connectivity index (χ2n) is 5.39. The Bertz CT molecular complexity index is 368. The molecular formula is C14H26N4. The second kappa shape index (κ2) is 6.23. The highest BCUT2D eigenvalue weighted by molar-refractivity contribution is 5.28. The molecule has 0 radical (unpaired) electrons. The highest BCUT2D eigenvalue weighted by atomic mass is 15.2. The van der Waals surface area contributed by atoms with Gasteiger partial charge in [0.15, 0.2) is 0 Å². The molecule has 18 heavy (non-hydrogen) atoms. The van der Waals surface area contributed by atoms with Crippen LogP contribution in [0.15, 0.2) is 6.20 Å². The first kappa shape index (κ1) is 13.4. The van der Waals surface area contributed by atoms with E-state index in [-0.39, 0.29) is 0 Å². The topological polar surface area (TPSA) is 33.1 Å². The van der Waals surface area contributed by atoms with Crippen LogP contribution < -0.4 is 5.32 Å². The van der Waals surface area contributed by atoms with Crippen LogP contribution in [0.2, 0.25) is 0 Å². The molecule has 1 aliphatic rings. The van der Waals surface area contributed by atoms with Crippen molar-refractivity contribution in [3.05, 3.63) is 11.9 Å². The van der Waals surface area contributed by atoms with Crippen molar-refractivity contribution in [2.24, 2.45) is 0 Å². The van der Waals surface area contributed by atoms with E-state index in [1.54, 1.807) is 0 Å². The highest BCUT2D eigenvalue weighted by Crippen LogP contribution is 2.25. The Hall–Kier alpha value is -1.03. The molecule has 0 bridgehead atoms. The zero-order chi connectivity index (χ0) is 13.0. The number of aryl methyl sites for hydroxylation is 1. The molecule has 1 saturated carbocycles. The van der Waals surface area contributed by atoms with Gasteiger partial charge in [-0.2, -0.15) is 0 Å². The molecule has 2 rings (SSSR count). The Morgan fingerprint density at radius 2 is 2.28 bits per heavy atom. The second-order valence-corrected chi connectivity index (χ2v) is 5.39. The van der Waals surface area contributed by atoms with Crippen molar-refractivity contribution in [2.75, 3.05) is 25.5 Å². The number of aromatic nitrogens is 2. The summed E-state index contributed by atoms with van der Waals surface area (Å²) in [6, 6.07) is 0.839. The molecule has 0 aromatic carbocycles. The van der Waals surface area contributed by atoms with E-state index in [0.717, 1.165) is 37.3 Å². The Kier molecular flexibility index (Phi) is 4.64. The maximum Gasteiger partial charge on any atom is 0.203 e. The Morgan fingerprint density at radius 1 is 1.50 bits per heavy atom. The van der Waals surface area contributed by atoms with E-state index in [4.69, 9.17) is 0 Å². The molecule has 0 spiro atoms. The van der Waals surface area contributed by atoms with Crippen LogP contribution in [0, 0.1) is 6.92 Å². The lowest BCUT2D eigenvalue weighted by Crippen LogP contribution is -2.25. The van der Waals surface area contributed by atoms with Gasteiger partial charge in [-0.25, -0.2) is 4.98 Å².